The fourth-order valence-corrected chi connectivity index (χ4v) is 5.66. The lowest BCUT2D eigenvalue weighted by Gasteiger charge is -2.42. The number of thiophene rings is 1. The number of carbonyl (C=O) groups is 2. The molecule has 4 rings (SSSR count). The molecule has 0 bridgehead atoms. The van der Waals surface area contributed by atoms with Crippen LogP contribution in [0.25, 0.3) is 0 Å². The van der Waals surface area contributed by atoms with Crippen LogP contribution in [0, 0.1) is 5.82 Å². The Labute approximate surface area is 210 Å². The van der Waals surface area contributed by atoms with E-state index in [-0.39, 0.29) is 17.9 Å². The predicted octanol–water partition coefficient (Wildman–Crippen LogP) is 1.70. The smallest absolute Gasteiger partial charge is 0.309 e. The van der Waals surface area contributed by atoms with E-state index in [9.17, 15) is 14.0 Å². The zero-order chi connectivity index (χ0) is 24.6. The Morgan fingerprint density at radius 1 is 1.03 bits per heavy atom. The third-order valence-corrected chi connectivity index (χ3v) is 7.53. The van der Waals surface area contributed by atoms with Crippen molar-refractivity contribution in [3.8, 4) is 0 Å². The fourth-order valence-electron chi connectivity index (χ4n) is 4.70. The van der Waals surface area contributed by atoms with Gasteiger partial charge in [0.15, 0.2) is 0 Å². The van der Waals surface area contributed by atoms with E-state index in [4.69, 9.17) is 4.74 Å². The highest BCUT2D eigenvalue weighted by molar-refractivity contribution is 7.10. The maximum Gasteiger partial charge on any atom is 0.309 e. The molecule has 2 saturated heterocycles. The quantitative estimate of drug-likeness (QED) is 0.534. The van der Waals surface area contributed by atoms with Gasteiger partial charge in [-0.1, -0.05) is 6.07 Å². The Bertz CT molecular complexity index is 945. The Balaban J connectivity index is 1.30. The molecule has 2 aliphatic heterocycles. The van der Waals surface area contributed by atoms with Gasteiger partial charge in [0.25, 0.3) is 0 Å². The Hall–Kier alpha value is -2.53. The third kappa shape index (κ3) is 7.00. The number of amides is 2. The van der Waals surface area contributed by atoms with Crippen LogP contribution in [0.4, 0.5) is 10.1 Å². The topological polar surface area (TPSA) is 77.1 Å². The van der Waals surface area contributed by atoms with Gasteiger partial charge in [0.1, 0.15) is 5.82 Å². The van der Waals surface area contributed by atoms with Gasteiger partial charge in [-0.15, -0.1) is 11.3 Å². The van der Waals surface area contributed by atoms with Crippen molar-refractivity contribution in [1.82, 2.24) is 20.4 Å². The predicted molar refractivity (Wildman–Crippen MR) is 135 cm³/mol. The van der Waals surface area contributed by atoms with E-state index >= 15 is 0 Å². The Morgan fingerprint density at radius 3 is 2.40 bits per heavy atom. The maximum atomic E-state index is 13.3. The van der Waals surface area contributed by atoms with E-state index in [1.165, 1.54) is 12.1 Å². The number of rotatable bonds is 8. The number of hydrogen-bond donors (Lipinski definition) is 2. The van der Waals surface area contributed by atoms with Crippen LogP contribution in [0.5, 0.6) is 0 Å². The molecule has 10 heteroatoms. The minimum absolute atomic E-state index is 0.0320. The third-order valence-electron chi connectivity index (χ3n) is 6.59. The van der Waals surface area contributed by atoms with Crippen molar-refractivity contribution in [3.05, 3.63) is 52.5 Å². The van der Waals surface area contributed by atoms with Crippen molar-refractivity contribution >= 4 is 28.8 Å². The zero-order valence-electron chi connectivity index (χ0n) is 20.1. The van der Waals surface area contributed by atoms with Crippen molar-refractivity contribution in [3.63, 3.8) is 0 Å². The van der Waals surface area contributed by atoms with Crippen LogP contribution in [0.15, 0.2) is 41.8 Å². The normalized spacial score (nSPS) is 19.2. The molecule has 190 valence electrons. The van der Waals surface area contributed by atoms with Crippen LogP contribution in [0.1, 0.15) is 17.8 Å². The molecule has 2 aromatic rings. The summed E-state index contributed by atoms with van der Waals surface area (Å²) in [5.74, 6) is -1.44. The van der Waals surface area contributed by atoms with Gasteiger partial charge in [-0.3, -0.25) is 19.4 Å². The molecule has 2 fully saturated rings. The van der Waals surface area contributed by atoms with Gasteiger partial charge in [-0.05, 0) is 42.6 Å². The van der Waals surface area contributed by atoms with Crippen LogP contribution < -0.4 is 15.5 Å². The molecule has 1 aromatic carbocycles. The molecule has 2 N–H and O–H groups in total. The molecular weight excluding hydrogens is 469 g/mol. The molecule has 2 aliphatic rings. The molecule has 3 heterocycles. The molecule has 0 radical (unpaired) electrons. The van der Waals surface area contributed by atoms with Crippen molar-refractivity contribution in [2.24, 2.45) is 0 Å². The van der Waals surface area contributed by atoms with E-state index in [0.717, 1.165) is 49.8 Å². The number of carbonyl (C=O) groups excluding carboxylic acids is 2. The van der Waals surface area contributed by atoms with Gasteiger partial charge in [0.05, 0.1) is 19.3 Å². The lowest BCUT2D eigenvalue weighted by Crippen LogP contribution is -2.54. The molecule has 0 aliphatic carbocycles. The zero-order valence-corrected chi connectivity index (χ0v) is 20.9. The number of halogens is 1. The minimum Gasteiger partial charge on any atom is -0.379 e. The van der Waals surface area contributed by atoms with Crippen LogP contribution in [0.2, 0.25) is 0 Å². The summed E-state index contributed by atoms with van der Waals surface area (Å²) in [5.41, 5.74) is 1.01. The standard InChI is InChI=1S/C25H34FN5O3S/c1-19(28-25(33)24(32)27-8-9-29-14-16-34-17-15-29)23(22-3-2-18-35-22)31-12-10-30(11-13-31)21-6-4-20(26)5-7-21/h2-7,18-19,23H,8-17H2,1H3,(H,27,32)(H,28,33). The molecule has 2 atom stereocenters. The molecular formula is C25H34FN5O3S. The molecule has 8 nitrogen and oxygen atoms in total. The summed E-state index contributed by atoms with van der Waals surface area (Å²) in [5, 5.41) is 7.70. The first-order chi connectivity index (χ1) is 17.0. The van der Waals surface area contributed by atoms with Crippen molar-refractivity contribution < 1.29 is 18.7 Å². The number of nitrogens with one attached hydrogen (secondary N) is 2. The SMILES string of the molecule is CC(NC(=O)C(=O)NCCN1CCOCC1)C(c1cccs1)N1CCN(c2ccc(F)cc2)CC1. The number of anilines is 1. The molecule has 2 unspecified atom stereocenters. The molecule has 0 saturated carbocycles. The second-order valence-corrected chi connectivity index (χ2v) is 9.91. The number of morpholine rings is 1. The maximum absolute atomic E-state index is 13.3. The summed E-state index contributed by atoms with van der Waals surface area (Å²) in [6.07, 6.45) is 0. The van der Waals surface area contributed by atoms with Crippen LogP contribution in [0.3, 0.4) is 0 Å². The van der Waals surface area contributed by atoms with Gasteiger partial charge in [0, 0.05) is 69.0 Å². The first-order valence-corrected chi connectivity index (χ1v) is 13.1. The molecule has 35 heavy (non-hydrogen) atoms. The summed E-state index contributed by atoms with van der Waals surface area (Å²) in [6.45, 7) is 9.38. The first kappa shape index (κ1) is 25.6. The van der Waals surface area contributed by atoms with Gasteiger partial charge in [-0.25, -0.2) is 4.39 Å². The van der Waals surface area contributed by atoms with E-state index in [1.54, 1.807) is 11.3 Å². The monoisotopic (exact) mass is 503 g/mol. The second kappa shape index (κ2) is 12.4. The summed E-state index contributed by atoms with van der Waals surface area (Å²) in [4.78, 5) is 33.0. The summed E-state index contributed by atoms with van der Waals surface area (Å²) < 4.78 is 18.6. The van der Waals surface area contributed by atoms with Crippen molar-refractivity contribution in [2.45, 2.75) is 19.0 Å². The summed E-state index contributed by atoms with van der Waals surface area (Å²) in [6, 6.07) is 10.4. The van der Waals surface area contributed by atoms with Crippen molar-refractivity contribution in [1.29, 1.82) is 0 Å². The van der Waals surface area contributed by atoms with Gasteiger partial charge < -0.3 is 20.3 Å². The lowest BCUT2D eigenvalue weighted by atomic mass is 10.0. The number of ether oxygens (including phenoxy) is 1. The minimum atomic E-state index is -0.606. The highest BCUT2D eigenvalue weighted by atomic mass is 32.1. The van der Waals surface area contributed by atoms with E-state index in [2.05, 4.69) is 31.4 Å². The molecule has 1 aromatic heterocycles. The summed E-state index contributed by atoms with van der Waals surface area (Å²) in [7, 11) is 0. The van der Waals surface area contributed by atoms with Crippen LogP contribution >= 0.6 is 11.3 Å². The van der Waals surface area contributed by atoms with Crippen LogP contribution in [-0.2, 0) is 14.3 Å². The summed E-state index contributed by atoms with van der Waals surface area (Å²) >= 11 is 1.65. The van der Waals surface area contributed by atoms with E-state index < -0.39 is 11.8 Å². The Kier molecular flexibility index (Phi) is 9.08. The number of piperazine rings is 1. The first-order valence-electron chi connectivity index (χ1n) is 12.2. The highest BCUT2D eigenvalue weighted by Gasteiger charge is 2.32. The highest BCUT2D eigenvalue weighted by Crippen LogP contribution is 2.30. The second-order valence-electron chi connectivity index (χ2n) is 8.93. The van der Waals surface area contributed by atoms with Crippen LogP contribution in [-0.4, -0.2) is 93.2 Å². The van der Waals surface area contributed by atoms with Crippen molar-refractivity contribution in [2.75, 3.05) is 70.5 Å². The average molecular weight is 504 g/mol. The van der Waals surface area contributed by atoms with E-state index in [0.29, 0.717) is 26.3 Å². The largest absolute Gasteiger partial charge is 0.379 e. The number of benzene rings is 1. The Morgan fingerprint density at radius 2 is 1.74 bits per heavy atom. The van der Waals surface area contributed by atoms with E-state index in [1.807, 2.05) is 30.5 Å². The lowest BCUT2D eigenvalue weighted by molar-refractivity contribution is -0.139. The molecule has 0 spiro atoms. The van der Waals surface area contributed by atoms with Gasteiger partial charge in [0.2, 0.25) is 0 Å². The van der Waals surface area contributed by atoms with Gasteiger partial charge in [-0.2, -0.15) is 0 Å². The fraction of sp³-hybridized carbons (Fsp3) is 0.520. The average Bonchev–Trinajstić information content (AvgIpc) is 3.40. The molecule has 2 amide bonds. The number of nitrogens with zero attached hydrogens (tertiary/aromatic N) is 3. The number of hydrogen-bond acceptors (Lipinski definition) is 7. The van der Waals surface area contributed by atoms with Gasteiger partial charge >= 0.3 is 11.8 Å².